The first-order chi connectivity index (χ1) is 11.4. The lowest BCUT2D eigenvalue weighted by Crippen LogP contribution is -2.53. The zero-order valence-electron chi connectivity index (χ0n) is 15.1. The van der Waals surface area contributed by atoms with Crippen molar-refractivity contribution in [2.75, 3.05) is 7.11 Å². The maximum absolute atomic E-state index is 12.3. The van der Waals surface area contributed by atoms with Gasteiger partial charge in [0.2, 0.25) is 5.91 Å². The summed E-state index contributed by atoms with van der Waals surface area (Å²) in [5, 5.41) is 3.15. The molecule has 1 heterocycles. The molecule has 0 aromatic heterocycles. The van der Waals surface area contributed by atoms with Crippen molar-refractivity contribution in [3.05, 3.63) is 11.8 Å². The van der Waals surface area contributed by atoms with Crippen molar-refractivity contribution in [1.29, 1.82) is 0 Å². The summed E-state index contributed by atoms with van der Waals surface area (Å²) in [6.07, 6.45) is 9.33. The number of ether oxygens (including phenoxy) is 1. The number of fused-ring (bicyclic) bond motifs is 5. The van der Waals surface area contributed by atoms with Crippen molar-refractivity contribution < 1.29 is 14.3 Å². The van der Waals surface area contributed by atoms with Gasteiger partial charge in [-0.1, -0.05) is 19.9 Å². The number of amides is 1. The van der Waals surface area contributed by atoms with Gasteiger partial charge in [-0.3, -0.25) is 9.59 Å². The maximum atomic E-state index is 12.3. The summed E-state index contributed by atoms with van der Waals surface area (Å²) in [4.78, 5) is 24.1. The zero-order chi connectivity index (χ0) is 17.1. The van der Waals surface area contributed by atoms with Gasteiger partial charge >= 0.3 is 5.97 Å². The molecule has 0 spiro atoms. The summed E-state index contributed by atoms with van der Waals surface area (Å²) < 4.78 is 5.10. The molecule has 4 unspecified atom stereocenters. The van der Waals surface area contributed by atoms with E-state index in [1.165, 1.54) is 12.8 Å². The van der Waals surface area contributed by atoms with E-state index >= 15 is 0 Å². The molecule has 3 aliphatic carbocycles. The van der Waals surface area contributed by atoms with Gasteiger partial charge in [0.05, 0.1) is 13.0 Å². The highest BCUT2D eigenvalue weighted by Gasteiger charge is 2.60. The summed E-state index contributed by atoms with van der Waals surface area (Å²) in [5.74, 6) is 2.10. The Labute approximate surface area is 144 Å². The fraction of sp³-hybridized carbons (Fsp3) is 0.800. The largest absolute Gasteiger partial charge is 0.469 e. The standard InChI is InChI=1S/C20H29NO3/c1-19-10-8-14-12(13(19)5-6-15(19)18(23)24-3)4-7-16-20(14,2)11-9-17(22)21-16/h7,12-15H,4-6,8-11H2,1-3H3,(H,21,22)/t12?,13?,14?,15-,19+,20?/m1/s1. The average Bonchev–Trinajstić information content (AvgIpc) is 2.92. The highest BCUT2D eigenvalue weighted by molar-refractivity contribution is 5.79. The van der Waals surface area contributed by atoms with Gasteiger partial charge in [-0.2, -0.15) is 0 Å². The second kappa shape index (κ2) is 5.34. The minimum atomic E-state index is -0.0124. The van der Waals surface area contributed by atoms with E-state index in [2.05, 4.69) is 25.2 Å². The van der Waals surface area contributed by atoms with E-state index < -0.39 is 0 Å². The number of methoxy groups -OCH3 is 1. The number of esters is 1. The highest BCUT2D eigenvalue weighted by atomic mass is 16.5. The molecule has 1 saturated heterocycles. The summed E-state index contributed by atoms with van der Waals surface area (Å²) in [6.45, 7) is 4.68. The molecule has 24 heavy (non-hydrogen) atoms. The first-order valence-electron chi connectivity index (χ1n) is 9.48. The third kappa shape index (κ3) is 2.04. The minimum absolute atomic E-state index is 0.0124. The van der Waals surface area contributed by atoms with E-state index in [0.717, 1.165) is 38.5 Å². The van der Waals surface area contributed by atoms with E-state index in [9.17, 15) is 9.59 Å². The van der Waals surface area contributed by atoms with Crippen molar-refractivity contribution in [2.45, 2.75) is 58.8 Å². The number of carbonyl (C=O) groups excluding carboxylic acids is 2. The molecule has 4 nitrogen and oxygen atoms in total. The molecule has 0 bridgehead atoms. The van der Waals surface area contributed by atoms with Crippen LogP contribution in [0.3, 0.4) is 0 Å². The smallest absolute Gasteiger partial charge is 0.309 e. The average molecular weight is 331 g/mol. The van der Waals surface area contributed by atoms with Gasteiger partial charge in [-0.15, -0.1) is 0 Å². The first kappa shape index (κ1) is 16.2. The Kier molecular flexibility index (Phi) is 3.59. The summed E-state index contributed by atoms with van der Waals surface area (Å²) in [5.41, 5.74) is 1.38. The Hall–Kier alpha value is -1.32. The fourth-order valence-corrected chi connectivity index (χ4v) is 6.72. The van der Waals surface area contributed by atoms with Crippen LogP contribution in [0, 0.1) is 34.5 Å². The molecular formula is C20H29NO3. The SMILES string of the molecule is COC(=O)[C@H]1CCC2C3CC=C4NC(=O)CCC4(C)C3CC[C@@]21C. The van der Waals surface area contributed by atoms with Crippen molar-refractivity contribution in [3.63, 3.8) is 0 Å². The number of piperidine rings is 1. The molecule has 132 valence electrons. The molecule has 1 N–H and O–H groups in total. The van der Waals surface area contributed by atoms with Gasteiger partial charge < -0.3 is 10.1 Å². The Balaban J connectivity index is 1.65. The van der Waals surface area contributed by atoms with E-state index in [1.807, 2.05) is 0 Å². The summed E-state index contributed by atoms with van der Waals surface area (Å²) >= 11 is 0. The summed E-state index contributed by atoms with van der Waals surface area (Å²) in [6, 6.07) is 0. The van der Waals surface area contributed by atoms with Crippen LogP contribution in [0.1, 0.15) is 58.8 Å². The molecule has 0 radical (unpaired) electrons. The quantitative estimate of drug-likeness (QED) is 0.749. The number of rotatable bonds is 1. The topological polar surface area (TPSA) is 55.4 Å². The fourth-order valence-electron chi connectivity index (χ4n) is 6.72. The maximum Gasteiger partial charge on any atom is 0.309 e. The predicted octanol–water partition coefficient (Wildman–Crippen LogP) is 3.42. The van der Waals surface area contributed by atoms with Crippen LogP contribution in [0.4, 0.5) is 0 Å². The van der Waals surface area contributed by atoms with Crippen molar-refractivity contribution in [1.82, 2.24) is 5.32 Å². The van der Waals surface area contributed by atoms with Crippen LogP contribution in [-0.2, 0) is 14.3 Å². The van der Waals surface area contributed by atoms with Gasteiger partial charge in [-0.25, -0.2) is 0 Å². The Morgan fingerprint density at radius 2 is 2.00 bits per heavy atom. The molecule has 0 aromatic rings. The third-order valence-electron chi connectivity index (χ3n) is 8.10. The second-order valence-corrected chi connectivity index (χ2v) is 8.89. The van der Waals surface area contributed by atoms with Crippen molar-refractivity contribution in [2.24, 2.45) is 34.5 Å². The Morgan fingerprint density at radius 1 is 1.21 bits per heavy atom. The van der Waals surface area contributed by atoms with E-state index in [0.29, 0.717) is 24.2 Å². The van der Waals surface area contributed by atoms with Gasteiger partial charge in [0.15, 0.2) is 0 Å². The lowest BCUT2D eigenvalue weighted by atomic mass is 9.49. The summed E-state index contributed by atoms with van der Waals surface area (Å²) in [7, 11) is 1.52. The first-order valence-corrected chi connectivity index (χ1v) is 9.48. The lowest BCUT2D eigenvalue weighted by Gasteiger charge is -2.57. The highest BCUT2D eigenvalue weighted by Crippen LogP contribution is 2.65. The van der Waals surface area contributed by atoms with Crippen LogP contribution < -0.4 is 5.32 Å². The monoisotopic (exact) mass is 331 g/mol. The molecular weight excluding hydrogens is 302 g/mol. The second-order valence-electron chi connectivity index (χ2n) is 8.89. The normalized spacial score (nSPS) is 47.0. The van der Waals surface area contributed by atoms with Crippen LogP contribution in [0.15, 0.2) is 11.8 Å². The number of allylic oxidation sites excluding steroid dienone is 2. The number of hydrogen-bond acceptors (Lipinski definition) is 3. The van der Waals surface area contributed by atoms with E-state index in [4.69, 9.17) is 4.74 Å². The van der Waals surface area contributed by atoms with Crippen LogP contribution in [0.2, 0.25) is 0 Å². The van der Waals surface area contributed by atoms with Crippen molar-refractivity contribution >= 4 is 11.9 Å². The molecule has 1 aliphatic heterocycles. The van der Waals surface area contributed by atoms with Crippen LogP contribution in [0.5, 0.6) is 0 Å². The lowest BCUT2D eigenvalue weighted by molar-refractivity contribution is -0.152. The predicted molar refractivity (Wildman–Crippen MR) is 90.7 cm³/mol. The molecule has 1 amide bonds. The zero-order valence-corrected chi connectivity index (χ0v) is 15.1. The number of carbonyl (C=O) groups is 2. The Morgan fingerprint density at radius 3 is 2.75 bits per heavy atom. The minimum Gasteiger partial charge on any atom is -0.469 e. The van der Waals surface area contributed by atoms with Crippen LogP contribution in [-0.4, -0.2) is 19.0 Å². The molecule has 4 rings (SSSR count). The van der Waals surface area contributed by atoms with E-state index in [1.54, 1.807) is 0 Å². The number of nitrogens with one attached hydrogen (secondary N) is 1. The van der Waals surface area contributed by atoms with Crippen LogP contribution >= 0.6 is 0 Å². The van der Waals surface area contributed by atoms with Gasteiger partial charge in [-0.05, 0) is 61.7 Å². The third-order valence-corrected chi connectivity index (χ3v) is 8.10. The molecule has 6 atom stereocenters. The Bertz CT molecular complexity index is 612. The molecule has 4 aliphatic rings. The van der Waals surface area contributed by atoms with Crippen molar-refractivity contribution in [3.8, 4) is 0 Å². The molecule has 2 saturated carbocycles. The van der Waals surface area contributed by atoms with Gasteiger partial charge in [0.25, 0.3) is 0 Å². The van der Waals surface area contributed by atoms with E-state index in [-0.39, 0.29) is 28.6 Å². The van der Waals surface area contributed by atoms with Gasteiger partial charge in [0.1, 0.15) is 0 Å². The van der Waals surface area contributed by atoms with Crippen LogP contribution in [0.25, 0.3) is 0 Å². The molecule has 0 aromatic carbocycles. The molecule has 3 fully saturated rings. The molecule has 4 heteroatoms. The van der Waals surface area contributed by atoms with Gasteiger partial charge in [0, 0.05) is 17.5 Å². The number of hydrogen-bond donors (Lipinski definition) is 1.